The second-order valence-electron chi connectivity index (χ2n) is 4.16. The maximum atomic E-state index is 10.2. The third-order valence-electron chi connectivity index (χ3n) is 2.77. The molecule has 0 spiro atoms. The Balaban J connectivity index is 2.20. The lowest BCUT2D eigenvalue weighted by atomic mass is 9.98. The van der Waals surface area contributed by atoms with Gasteiger partial charge >= 0.3 is 0 Å². The molecule has 2 aromatic rings. The summed E-state index contributed by atoms with van der Waals surface area (Å²) in [6, 6.07) is 10.3. The van der Waals surface area contributed by atoms with Crippen LogP contribution in [0.1, 0.15) is 27.7 Å². The molecule has 1 aromatic heterocycles. The Hall–Kier alpha value is -1.12. The summed E-state index contributed by atoms with van der Waals surface area (Å²) < 4.78 is 0. The molecule has 16 heavy (non-hydrogen) atoms. The van der Waals surface area contributed by atoms with Crippen LogP contribution < -0.4 is 0 Å². The van der Waals surface area contributed by atoms with E-state index in [0.29, 0.717) is 6.42 Å². The Kier molecular flexibility index (Phi) is 3.42. The van der Waals surface area contributed by atoms with Crippen LogP contribution in [0, 0.1) is 13.8 Å². The van der Waals surface area contributed by atoms with Crippen molar-refractivity contribution in [2.45, 2.75) is 26.4 Å². The van der Waals surface area contributed by atoms with Crippen LogP contribution in [0.5, 0.6) is 0 Å². The average molecular weight is 232 g/mol. The summed E-state index contributed by atoms with van der Waals surface area (Å²) in [7, 11) is 0. The van der Waals surface area contributed by atoms with E-state index in [1.54, 1.807) is 11.3 Å². The van der Waals surface area contributed by atoms with E-state index in [-0.39, 0.29) is 0 Å². The van der Waals surface area contributed by atoms with E-state index in [2.05, 4.69) is 31.2 Å². The van der Waals surface area contributed by atoms with Crippen LogP contribution >= 0.6 is 11.3 Å². The van der Waals surface area contributed by atoms with Crippen LogP contribution in [-0.2, 0) is 6.42 Å². The molecule has 2 heteroatoms. The zero-order chi connectivity index (χ0) is 11.5. The van der Waals surface area contributed by atoms with Gasteiger partial charge in [-0.1, -0.05) is 29.8 Å². The Labute approximate surface area is 100 Å². The number of hydrogen-bond acceptors (Lipinski definition) is 2. The minimum Gasteiger partial charge on any atom is -0.388 e. The zero-order valence-electron chi connectivity index (χ0n) is 9.60. The lowest BCUT2D eigenvalue weighted by Crippen LogP contribution is -2.03. The fraction of sp³-hybridized carbons (Fsp3) is 0.286. The number of benzene rings is 1. The summed E-state index contributed by atoms with van der Waals surface area (Å²) >= 11 is 1.70. The molecule has 2 rings (SSSR count). The van der Waals surface area contributed by atoms with Crippen LogP contribution in [-0.4, -0.2) is 5.11 Å². The molecule has 1 nitrogen and oxygen atoms in total. The molecular formula is C14H16OS. The maximum Gasteiger partial charge on any atom is 0.0840 e. The molecule has 1 heterocycles. The van der Waals surface area contributed by atoms with E-state index in [4.69, 9.17) is 0 Å². The molecule has 0 aliphatic heterocycles. The fourth-order valence-corrected chi connectivity index (χ4v) is 2.59. The van der Waals surface area contributed by atoms with E-state index >= 15 is 0 Å². The molecule has 0 aliphatic carbocycles. The van der Waals surface area contributed by atoms with Crippen molar-refractivity contribution in [1.29, 1.82) is 0 Å². The van der Waals surface area contributed by atoms with Gasteiger partial charge in [0.15, 0.2) is 0 Å². The second kappa shape index (κ2) is 4.81. The van der Waals surface area contributed by atoms with Crippen molar-refractivity contribution in [2.24, 2.45) is 0 Å². The Morgan fingerprint density at radius 3 is 2.75 bits per heavy atom. The summed E-state index contributed by atoms with van der Waals surface area (Å²) in [5, 5.41) is 12.3. The predicted molar refractivity (Wildman–Crippen MR) is 68.9 cm³/mol. The van der Waals surface area contributed by atoms with Crippen LogP contribution in [0.4, 0.5) is 0 Å². The van der Waals surface area contributed by atoms with Crippen LogP contribution in [0.2, 0.25) is 0 Å². The van der Waals surface area contributed by atoms with Crippen molar-refractivity contribution in [2.75, 3.05) is 0 Å². The Morgan fingerprint density at radius 1 is 1.25 bits per heavy atom. The average Bonchev–Trinajstić information content (AvgIpc) is 2.74. The summed E-state index contributed by atoms with van der Waals surface area (Å²) in [6.07, 6.45) is 0.320. The van der Waals surface area contributed by atoms with Crippen molar-refractivity contribution >= 4 is 11.3 Å². The Morgan fingerprint density at radius 2 is 2.06 bits per heavy atom. The molecule has 1 N–H and O–H groups in total. The van der Waals surface area contributed by atoms with Crippen LogP contribution in [0.15, 0.2) is 35.7 Å². The molecule has 0 amide bonds. The summed E-state index contributed by atoms with van der Waals surface area (Å²) in [5.74, 6) is 0. The second-order valence-corrected chi connectivity index (χ2v) is 5.19. The first kappa shape index (κ1) is 11.4. The van der Waals surface area contributed by atoms with E-state index in [1.165, 1.54) is 10.4 Å². The molecule has 0 saturated carbocycles. The molecule has 0 bridgehead atoms. The minimum atomic E-state index is -0.390. The van der Waals surface area contributed by atoms with Crippen LogP contribution in [0.3, 0.4) is 0 Å². The highest BCUT2D eigenvalue weighted by Crippen LogP contribution is 2.24. The predicted octanol–water partition coefficient (Wildman–Crippen LogP) is 3.64. The fourth-order valence-electron chi connectivity index (χ4n) is 1.85. The maximum absolute atomic E-state index is 10.2. The number of aryl methyl sites for hydroxylation is 2. The lowest BCUT2D eigenvalue weighted by molar-refractivity contribution is 0.178. The molecule has 0 fully saturated rings. The quantitative estimate of drug-likeness (QED) is 0.856. The van der Waals surface area contributed by atoms with Gasteiger partial charge in [-0.25, -0.2) is 0 Å². The van der Waals surface area contributed by atoms with Crippen molar-refractivity contribution in [3.8, 4) is 0 Å². The first-order valence-corrected chi connectivity index (χ1v) is 6.32. The third kappa shape index (κ3) is 2.52. The zero-order valence-corrected chi connectivity index (χ0v) is 10.4. The largest absolute Gasteiger partial charge is 0.388 e. The highest BCUT2D eigenvalue weighted by atomic mass is 32.1. The Bertz CT molecular complexity index is 460. The van der Waals surface area contributed by atoms with E-state index in [9.17, 15) is 5.11 Å². The van der Waals surface area contributed by atoms with Gasteiger partial charge in [0.2, 0.25) is 0 Å². The van der Waals surface area contributed by atoms with E-state index in [1.807, 2.05) is 18.4 Å². The highest BCUT2D eigenvalue weighted by molar-refractivity contribution is 7.09. The monoisotopic (exact) mass is 232 g/mol. The van der Waals surface area contributed by atoms with Gasteiger partial charge in [0.25, 0.3) is 0 Å². The first-order chi connectivity index (χ1) is 7.66. The molecule has 1 unspecified atom stereocenters. The molecule has 84 valence electrons. The number of rotatable bonds is 3. The third-order valence-corrected chi connectivity index (χ3v) is 3.67. The molecule has 0 aliphatic rings. The molecule has 1 atom stereocenters. The number of aliphatic hydroxyl groups is 1. The van der Waals surface area contributed by atoms with Gasteiger partial charge in [0, 0.05) is 11.3 Å². The standard InChI is InChI=1S/C14H16OS/c1-10-5-6-11(2)13(8-10)14(15)9-12-4-3-7-16-12/h3-8,14-15H,9H2,1-2H3. The first-order valence-electron chi connectivity index (χ1n) is 5.44. The van der Waals surface area contributed by atoms with Gasteiger partial charge in [0.05, 0.1) is 6.10 Å². The number of aliphatic hydroxyl groups excluding tert-OH is 1. The molecule has 0 saturated heterocycles. The number of hydrogen-bond donors (Lipinski definition) is 1. The van der Waals surface area contributed by atoms with Crippen molar-refractivity contribution in [3.63, 3.8) is 0 Å². The highest BCUT2D eigenvalue weighted by Gasteiger charge is 2.11. The van der Waals surface area contributed by atoms with E-state index in [0.717, 1.165) is 11.1 Å². The van der Waals surface area contributed by atoms with Gasteiger partial charge in [-0.3, -0.25) is 0 Å². The van der Waals surface area contributed by atoms with Gasteiger partial charge in [-0.15, -0.1) is 11.3 Å². The van der Waals surface area contributed by atoms with Gasteiger partial charge in [-0.05, 0) is 36.4 Å². The van der Waals surface area contributed by atoms with Gasteiger partial charge in [0.1, 0.15) is 0 Å². The number of thiophene rings is 1. The van der Waals surface area contributed by atoms with Crippen molar-refractivity contribution < 1.29 is 5.11 Å². The smallest absolute Gasteiger partial charge is 0.0840 e. The summed E-state index contributed by atoms with van der Waals surface area (Å²) in [4.78, 5) is 1.23. The summed E-state index contributed by atoms with van der Waals surface area (Å²) in [6.45, 7) is 4.10. The normalized spacial score (nSPS) is 12.7. The van der Waals surface area contributed by atoms with Crippen LogP contribution in [0.25, 0.3) is 0 Å². The molecular weight excluding hydrogens is 216 g/mol. The van der Waals surface area contributed by atoms with E-state index < -0.39 is 6.10 Å². The molecule has 0 radical (unpaired) electrons. The van der Waals surface area contributed by atoms with Crippen molar-refractivity contribution in [1.82, 2.24) is 0 Å². The van der Waals surface area contributed by atoms with Gasteiger partial charge < -0.3 is 5.11 Å². The topological polar surface area (TPSA) is 20.2 Å². The lowest BCUT2D eigenvalue weighted by Gasteiger charge is -2.13. The SMILES string of the molecule is Cc1ccc(C)c(C(O)Cc2cccs2)c1. The van der Waals surface area contributed by atoms with Gasteiger partial charge in [-0.2, -0.15) is 0 Å². The van der Waals surface area contributed by atoms with Crippen molar-refractivity contribution in [3.05, 3.63) is 57.3 Å². The molecule has 1 aromatic carbocycles. The summed E-state index contributed by atoms with van der Waals surface area (Å²) in [5.41, 5.74) is 3.41. The minimum absolute atomic E-state index is 0.390.